The molecule has 1 aromatic rings. The minimum Gasteiger partial charge on any atom is -0.389 e. The Bertz CT molecular complexity index is 293. The molecule has 0 bridgehead atoms. The van der Waals surface area contributed by atoms with E-state index < -0.39 is 0 Å². The van der Waals surface area contributed by atoms with Crippen LogP contribution < -0.4 is 5.73 Å². The monoisotopic (exact) mass is 195 g/mol. The van der Waals surface area contributed by atoms with E-state index in [2.05, 4.69) is 6.58 Å². The minimum absolute atomic E-state index is 0.365. The zero-order valence-electron chi connectivity index (χ0n) is 6.49. The first kappa shape index (κ1) is 9.29. The Kier molecular flexibility index (Phi) is 3.31. The first-order valence-corrected chi connectivity index (χ1v) is 4.64. The normalized spacial score (nSPS) is 9.33. The highest BCUT2D eigenvalue weighted by Crippen LogP contribution is 2.24. The van der Waals surface area contributed by atoms with Gasteiger partial charge in [0, 0.05) is 9.80 Å². The minimum atomic E-state index is 0.365. The molecule has 0 amide bonds. The van der Waals surface area contributed by atoms with Gasteiger partial charge in [-0.05, 0) is 12.1 Å². The summed E-state index contributed by atoms with van der Waals surface area (Å²) in [5, 5.41) is 0. The lowest BCUT2D eigenvalue weighted by atomic mass is 10.4. The fourth-order valence-electron chi connectivity index (χ4n) is 0.681. The van der Waals surface area contributed by atoms with Gasteiger partial charge in [0.1, 0.15) is 4.99 Å². The molecule has 0 atom stereocenters. The molecular formula is C9H9NS2. The van der Waals surface area contributed by atoms with E-state index in [-0.39, 0.29) is 0 Å². The van der Waals surface area contributed by atoms with Gasteiger partial charge in [-0.15, -0.1) is 0 Å². The molecule has 0 radical (unpaired) electrons. The van der Waals surface area contributed by atoms with Gasteiger partial charge in [0.2, 0.25) is 0 Å². The van der Waals surface area contributed by atoms with Crippen molar-refractivity contribution in [1.29, 1.82) is 0 Å². The van der Waals surface area contributed by atoms with Gasteiger partial charge in [0.25, 0.3) is 0 Å². The van der Waals surface area contributed by atoms with E-state index in [0.717, 1.165) is 9.80 Å². The second-order valence-electron chi connectivity index (χ2n) is 2.20. The third kappa shape index (κ3) is 2.68. The summed E-state index contributed by atoms with van der Waals surface area (Å²) in [6.45, 7) is 3.75. The van der Waals surface area contributed by atoms with Crippen molar-refractivity contribution in [3.05, 3.63) is 41.8 Å². The van der Waals surface area contributed by atoms with Crippen molar-refractivity contribution in [1.82, 2.24) is 0 Å². The Morgan fingerprint density at radius 3 is 2.42 bits per heavy atom. The molecule has 3 heteroatoms. The number of thiocarbonyl (C=S) groups is 1. The maximum absolute atomic E-state index is 5.39. The van der Waals surface area contributed by atoms with Crippen molar-refractivity contribution in [3.8, 4) is 0 Å². The molecule has 1 nitrogen and oxygen atoms in total. The van der Waals surface area contributed by atoms with E-state index in [1.165, 1.54) is 11.8 Å². The number of hydrogen-bond acceptors (Lipinski definition) is 2. The third-order valence-electron chi connectivity index (χ3n) is 1.26. The summed E-state index contributed by atoms with van der Waals surface area (Å²) in [7, 11) is 0. The lowest BCUT2D eigenvalue weighted by Crippen LogP contribution is -2.07. The lowest BCUT2D eigenvalue weighted by Gasteiger charge is -2.01. The van der Waals surface area contributed by atoms with E-state index in [9.17, 15) is 0 Å². The predicted octanol–water partition coefficient (Wildman–Crippen LogP) is 2.58. The fourth-order valence-corrected chi connectivity index (χ4v) is 1.48. The SMILES string of the molecule is C=C(Sc1ccccc1)C(N)=S. The highest BCUT2D eigenvalue weighted by molar-refractivity contribution is 8.05. The summed E-state index contributed by atoms with van der Waals surface area (Å²) in [6, 6.07) is 9.89. The summed E-state index contributed by atoms with van der Waals surface area (Å²) in [5.41, 5.74) is 5.39. The van der Waals surface area contributed by atoms with Gasteiger partial charge in [-0.2, -0.15) is 0 Å². The van der Waals surface area contributed by atoms with Crippen molar-refractivity contribution >= 4 is 29.0 Å². The molecule has 0 spiro atoms. The van der Waals surface area contributed by atoms with Crippen LogP contribution in [0.3, 0.4) is 0 Å². The van der Waals surface area contributed by atoms with Crippen molar-refractivity contribution in [3.63, 3.8) is 0 Å². The lowest BCUT2D eigenvalue weighted by molar-refractivity contribution is 1.47. The summed E-state index contributed by atoms with van der Waals surface area (Å²) < 4.78 is 0. The molecule has 0 saturated heterocycles. The molecule has 2 N–H and O–H groups in total. The highest BCUT2D eigenvalue weighted by Gasteiger charge is 1.98. The van der Waals surface area contributed by atoms with E-state index >= 15 is 0 Å². The molecule has 1 rings (SSSR count). The van der Waals surface area contributed by atoms with Gasteiger partial charge in [-0.3, -0.25) is 0 Å². The van der Waals surface area contributed by atoms with Crippen LogP contribution in [-0.4, -0.2) is 4.99 Å². The van der Waals surface area contributed by atoms with Gasteiger partial charge < -0.3 is 5.73 Å². The predicted molar refractivity (Wildman–Crippen MR) is 58.2 cm³/mol. The molecule has 0 aliphatic rings. The second kappa shape index (κ2) is 4.28. The molecule has 0 aliphatic carbocycles. The van der Waals surface area contributed by atoms with Crippen LogP contribution in [-0.2, 0) is 0 Å². The summed E-state index contributed by atoms with van der Waals surface area (Å²) in [6.07, 6.45) is 0. The standard InChI is InChI=1S/C9H9NS2/c1-7(9(10)11)12-8-5-3-2-4-6-8/h2-6H,1H2,(H2,10,11). The van der Waals surface area contributed by atoms with Crippen molar-refractivity contribution in [2.24, 2.45) is 5.73 Å². The first-order chi connectivity index (χ1) is 5.70. The summed E-state index contributed by atoms with van der Waals surface area (Å²) in [4.78, 5) is 2.20. The van der Waals surface area contributed by atoms with Crippen LogP contribution in [0.4, 0.5) is 0 Å². The maximum Gasteiger partial charge on any atom is 0.110 e. The summed E-state index contributed by atoms with van der Waals surface area (Å²) >= 11 is 6.27. The van der Waals surface area contributed by atoms with Crippen LogP contribution in [0.5, 0.6) is 0 Å². The van der Waals surface area contributed by atoms with Gasteiger partial charge in [0.15, 0.2) is 0 Å². The van der Waals surface area contributed by atoms with Crippen molar-refractivity contribution in [2.75, 3.05) is 0 Å². The highest BCUT2D eigenvalue weighted by atomic mass is 32.2. The molecule has 1 aromatic carbocycles. The van der Waals surface area contributed by atoms with Crippen LogP contribution in [0.2, 0.25) is 0 Å². The molecule has 0 aliphatic heterocycles. The Hall–Kier alpha value is -0.800. The van der Waals surface area contributed by atoms with Crippen LogP contribution >= 0.6 is 24.0 Å². The number of rotatable bonds is 3. The van der Waals surface area contributed by atoms with Gasteiger partial charge in [-0.25, -0.2) is 0 Å². The van der Waals surface area contributed by atoms with Crippen LogP contribution in [0.25, 0.3) is 0 Å². The van der Waals surface area contributed by atoms with Crippen LogP contribution in [0.1, 0.15) is 0 Å². The molecule has 0 saturated carbocycles. The Labute approximate surface area is 81.7 Å². The Morgan fingerprint density at radius 2 is 1.92 bits per heavy atom. The quantitative estimate of drug-likeness (QED) is 0.456. The Balaban J connectivity index is 2.65. The molecule has 0 heterocycles. The van der Waals surface area contributed by atoms with Crippen LogP contribution in [0.15, 0.2) is 46.7 Å². The number of nitrogens with two attached hydrogens (primary N) is 1. The van der Waals surface area contributed by atoms with Gasteiger partial charge in [0.05, 0.1) is 0 Å². The van der Waals surface area contributed by atoms with Gasteiger partial charge >= 0.3 is 0 Å². The van der Waals surface area contributed by atoms with Crippen LogP contribution in [0, 0.1) is 0 Å². The number of thioether (sulfide) groups is 1. The van der Waals surface area contributed by atoms with E-state index in [1.807, 2.05) is 30.3 Å². The molecule has 0 unspecified atom stereocenters. The van der Waals surface area contributed by atoms with Crippen molar-refractivity contribution < 1.29 is 0 Å². The molecule has 12 heavy (non-hydrogen) atoms. The van der Waals surface area contributed by atoms with E-state index in [1.54, 1.807) is 0 Å². The average Bonchev–Trinajstić information content (AvgIpc) is 2.06. The zero-order valence-corrected chi connectivity index (χ0v) is 8.12. The Morgan fingerprint density at radius 1 is 1.33 bits per heavy atom. The third-order valence-corrected chi connectivity index (χ3v) is 2.61. The largest absolute Gasteiger partial charge is 0.389 e. The molecule has 0 aromatic heterocycles. The smallest absolute Gasteiger partial charge is 0.110 e. The van der Waals surface area contributed by atoms with E-state index in [4.69, 9.17) is 18.0 Å². The average molecular weight is 195 g/mol. The van der Waals surface area contributed by atoms with Crippen molar-refractivity contribution in [2.45, 2.75) is 4.90 Å². The first-order valence-electron chi connectivity index (χ1n) is 3.42. The molecule has 62 valence electrons. The maximum atomic E-state index is 5.39. The topological polar surface area (TPSA) is 26.0 Å². The zero-order chi connectivity index (χ0) is 8.97. The number of hydrogen-bond donors (Lipinski definition) is 1. The molecule has 0 fully saturated rings. The second-order valence-corrected chi connectivity index (χ2v) is 3.81. The fraction of sp³-hybridized carbons (Fsp3) is 0. The van der Waals surface area contributed by atoms with E-state index in [0.29, 0.717) is 4.99 Å². The van der Waals surface area contributed by atoms with Gasteiger partial charge in [-0.1, -0.05) is 48.8 Å². The summed E-state index contributed by atoms with van der Waals surface area (Å²) in [5.74, 6) is 0. The molecular weight excluding hydrogens is 186 g/mol. The number of benzene rings is 1.